The summed E-state index contributed by atoms with van der Waals surface area (Å²) in [7, 11) is -3.00. The highest BCUT2D eigenvalue weighted by Gasteiger charge is 2.38. The van der Waals surface area contributed by atoms with Crippen LogP contribution in [0.2, 0.25) is 0 Å². The zero-order chi connectivity index (χ0) is 21.9. The summed E-state index contributed by atoms with van der Waals surface area (Å²) >= 11 is 0. The fraction of sp³-hybridized carbons (Fsp3) is 0.333. The van der Waals surface area contributed by atoms with Gasteiger partial charge in [0.1, 0.15) is 0 Å². The van der Waals surface area contributed by atoms with E-state index in [2.05, 4.69) is 10.1 Å². The predicted octanol–water partition coefficient (Wildman–Crippen LogP) is 2.57. The van der Waals surface area contributed by atoms with Crippen LogP contribution >= 0.6 is 0 Å². The normalized spacial score (nSPS) is 19.0. The standard InChI is InChI=1S/C18H20N2O6/c1-5-26-18(22)15-11(3)19-10(2)14(17(21)25-4)16(15)12-7-6-8-13(9-12)20(23)24/h6-9,16,19H,5H2,1-4H3/i4T3. The summed E-state index contributed by atoms with van der Waals surface area (Å²) in [6, 6.07) is 5.40. The van der Waals surface area contributed by atoms with E-state index in [1.807, 2.05) is 0 Å². The molecule has 0 aliphatic carbocycles. The third kappa shape index (κ3) is 3.58. The highest BCUT2D eigenvalue weighted by atomic mass is 16.6. The lowest BCUT2D eigenvalue weighted by molar-refractivity contribution is -0.384. The first-order valence-electron chi connectivity index (χ1n) is 9.29. The van der Waals surface area contributed by atoms with E-state index in [1.165, 1.54) is 31.2 Å². The van der Waals surface area contributed by atoms with E-state index in [4.69, 9.17) is 8.85 Å². The van der Waals surface area contributed by atoms with Crippen molar-refractivity contribution >= 4 is 17.6 Å². The second kappa shape index (κ2) is 7.81. The Kier molecular flexibility index (Phi) is 4.55. The monoisotopic (exact) mass is 366 g/mol. The topological polar surface area (TPSA) is 108 Å². The number of nitrogens with zero attached hydrogens (tertiary/aromatic N) is 1. The molecular weight excluding hydrogens is 340 g/mol. The van der Waals surface area contributed by atoms with Gasteiger partial charge in [-0.3, -0.25) is 10.1 Å². The molecule has 0 saturated carbocycles. The van der Waals surface area contributed by atoms with Gasteiger partial charge in [-0.1, -0.05) is 12.1 Å². The fourth-order valence-corrected chi connectivity index (χ4v) is 2.95. The summed E-state index contributed by atoms with van der Waals surface area (Å²) in [6.07, 6.45) is 0. The summed E-state index contributed by atoms with van der Waals surface area (Å²) in [5, 5.41) is 14.1. The van der Waals surface area contributed by atoms with E-state index in [0.717, 1.165) is 0 Å². The maximum Gasteiger partial charge on any atom is 0.336 e. The van der Waals surface area contributed by atoms with Gasteiger partial charge < -0.3 is 14.8 Å². The molecule has 8 heteroatoms. The van der Waals surface area contributed by atoms with Gasteiger partial charge in [0.15, 0.2) is 0 Å². The first kappa shape index (κ1) is 15.1. The fourth-order valence-electron chi connectivity index (χ4n) is 2.95. The number of carbonyl (C=O) groups is 2. The van der Waals surface area contributed by atoms with Gasteiger partial charge in [-0.2, -0.15) is 0 Å². The van der Waals surface area contributed by atoms with Crippen molar-refractivity contribution in [3.8, 4) is 0 Å². The van der Waals surface area contributed by atoms with Crippen molar-refractivity contribution in [1.82, 2.24) is 5.32 Å². The molecule has 1 aliphatic heterocycles. The number of nitro benzene ring substituents is 1. The molecule has 26 heavy (non-hydrogen) atoms. The number of hydrogen-bond acceptors (Lipinski definition) is 7. The second-order valence-corrected chi connectivity index (χ2v) is 5.60. The number of esters is 2. The van der Waals surface area contributed by atoms with Crippen LogP contribution in [0.1, 0.15) is 36.4 Å². The molecule has 0 bridgehead atoms. The summed E-state index contributed by atoms with van der Waals surface area (Å²) in [5.74, 6) is -3.01. The van der Waals surface area contributed by atoms with Crippen molar-refractivity contribution in [3.63, 3.8) is 0 Å². The molecular formula is C18H20N2O6. The molecule has 0 spiro atoms. The lowest BCUT2D eigenvalue weighted by Crippen LogP contribution is -2.32. The highest BCUT2D eigenvalue weighted by Crippen LogP contribution is 2.40. The average Bonchev–Trinajstić information content (AvgIpc) is 2.59. The molecule has 0 amide bonds. The number of allylic oxidation sites excluding steroid dienone is 2. The van der Waals surface area contributed by atoms with E-state index in [0.29, 0.717) is 5.70 Å². The Morgan fingerprint density at radius 2 is 1.92 bits per heavy atom. The van der Waals surface area contributed by atoms with E-state index < -0.39 is 29.8 Å². The molecule has 0 aromatic heterocycles. The lowest BCUT2D eigenvalue weighted by Gasteiger charge is -2.30. The number of hydrogen-bond donors (Lipinski definition) is 1. The highest BCUT2D eigenvalue weighted by molar-refractivity contribution is 5.99. The van der Waals surface area contributed by atoms with Gasteiger partial charge in [0.2, 0.25) is 0 Å². The Labute approximate surface area is 154 Å². The minimum Gasteiger partial charge on any atom is -0.466 e. The van der Waals surface area contributed by atoms with Crippen molar-refractivity contribution in [1.29, 1.82) is 0 Å². The van der Waals surface area contributed by atoms with E-state index in [-0.39, 0.29) is 34.7 Å². The summed E-state index contributed by atoms with van der Waals surface area (Å²) in [6.45, 7) is 4.78. The van der Waals surface area contributed by atoms with E-state index in [1.54, 1.807) is 13.8 Å². The van der Waals surface area contributed by atoms with Crippen LogP contribution in [-0.4, -0.2) is 30.5 Å². The van der Waals surface area contributed by atoms with Gasteiger partial charge in [0, 0.05) is 23.5 Å². The van der Waals surface area contributed by atoms with Gasteiger partial charge >= 0.3 is 11.9 Å². The number of rotatable bonds is 5. The van der Waals surface area contributed by atoms with Crippen molar-refractivity contribution in [2.75, 3.05) is 13.6 Å². The number of non-ortho nitro benzene ring substituents is 1. The number of methoxy groups -OCH3 is 1. The Bertz CT molecular complexity index is 920. The predicted molar refractivity (Wildman–Crippen MR) is 93.0 cm³/mol. The van der Waals surface area contributed by atoms with Gasteiger partial charge in [0.05, 0.1) is 39.7 Å². The van der Waals surface area contributed by atoms with E-state index in [9.17, 15) is 19.7 Å². The van der Waals surface area contributed by atoms with Crippen molar-refractivity contribution in [2.45, 2.75) is 26.7 Å². The number of ether oxygens (including phenoxy) is 2. The number of nitrogens with one attached hydrogen (secondary N) is 1. The average molecular weight is 366 g/mol. The molecule has 1 heterocycles. The van der Waals surface area contributed by atoms with Crippen LogP contribution in [0.15, 0.2) is 46.8 Å². The zero-order valence-corrected chi connectivity index (χ0v) is 14.5. The number of carbonyl (C=O) groups excluding carboxylic acids is 2. The number of dihydropyridines is 1. The summed E-state index contributed by atoms with van der Waals surface area (Å²) < 4.78 is 31.3. The van der Waals surface area contributed by atoms with Gasteiger partial charge in [-0.25, -0.2) is 9.59 Å². The van der Waals surface area contributed by atoms with Gasteiger partial charge in [0.25, 0.3) is 5.69 Å². The molecule has 1 atom stereocenters. The number of benzene rings is 1. The SMILES string of the molecule is [3H]C([3H])([3H])OC(=O)C1=C(C)NC(C)=C(C(=O)OCC)C1c1cccc([N+](=O)[O-])c1. The first-order chi connectivity index (χ1) is 13.5. The van der Waals surface area contributed by atoms with Crippen LogP contribution in [0.5, 0.6) is 0 Å². The molecule has 8 nitrogen and oxygen atoms in total. The smallest absolute Gasteiger partial charge is 0.336 e. The third-order valence-electron chi connectivity index (χ3n) is 3.98. The Balaban J connectivity index is 2.69. The van der Waals surface area contributed by atoms with E-state index >= 15 is 0 Å². The van der Waals surface area contributed by atoms with Gasteiger partial charge in [-0.15, -0.1) is 0 Å². The Hall–Kier alpha value is -3.16. The maximum atomic E-state index is 12.7. The molecule has 0 saturated heterocycles. The van der Waals surface area contributed by atoms with Crippen LogP contribution in [-0.2, 0) is 19.1 Å². The number of nitro groups is 1. The molecule has 1 unspecified atom stereocenters. The van der Waals surface area contributed by atoms with Crippen LogP contribution in [0.4, 0.5) is 5.69 Å². The molecule has 1 aromatic rings. The van der Waals surface area contributed by atoms with Crippen molar-refractivity contribution < 1.29 is 28.1 Å². The maximum absolute atomic E-state index is 12.7. The molecule has 2 rings (SSSR count). The van der Waals surface area contributed by atoms with Crippen LogP contribution in [0, 0.1) is 10.1 Å². The van der Waals surface area contributed by atoms with Crippen LogP contribution in [0.3, 0.4) is 0 Å². The quantitative estimate of drug-likeness (QED) is 0.485. The minimum atomic E-state index is -3.00. The van der Waals surface area contributed by atoms with Crippen molar-refractivity contribution in [2.24, 2.45) is 0 Å². The molecule has 0 fully saturated rings. The Morgan fingerprint density at radius 1 is 1.27 bits per heavy atom. The zero-order valence-electron chi connectivity index (χ0n) is 17.5. The molecule has 1 aromatic carbocycles. The molecule has 0 radical (unpaired) electrons. The first-order valence-corrected chi connectivity index (χ1v) is 7.79. The second-order valence-electron chi connectivity index (χ2n) is 5.60. The molecule has 1 aliphatic rings. The largest absolute Gasteiger partial charge is 0.466 e. The van der Waals surface area contributed by atoms with Crippen molar-refractivity contribution in [3.05, 3.63) is 62.5 Å². The molecule has 1 N–H and O–H groups in total. The summed E-state index contributed by atoms with van der Waals surface area (Å²) in [5.41, 5.74) is 0.540. The minimum absolute atomic E-state index is 0.0374. The molecule has 138 valence electrons. The van der Waals surface area contributed by atoms with Gasteiger partial charge in [-0.05, 0) is 26.3 Å². The summed E-state index contributed by atoms with van der Waals surface area (Å²) in [4.78, 5) is 35.9. The lowest BCUT2D eigenvalue weighted by atomic mass is 9.80. The Morgan fingerprint density at radius 3 is 2.50 bits per heavy atom. The third-order valence-corrected chi connectivity index (χ3v) is 3.98. The van der Waals surface area contributed by atoms with Crippen LogP contribution < -0.4 is 5.32 Å². The van der Waals surface area contributed by atoms with Crippen LogP contribution in [0.25, 0.3) is 0 Å².